The average Bonchev–Trinajstić information content (AvgIpc) is 2.74. The molecule has 0 unspecified atom stereocenters. The molecule has 7 heteroatoms. The number of hydrogen-bond acceptors (Lipinski definition) is 4. The third-order valence-electron chi connectivity index (χ3n) is 5.20. The van der Waals surface area contributed by atoms with Gasteiger partial charge in [-0.15, -0.1) is 0 Å². The molecule has 0 saturated carbocycles. The van der Waals surface area contributed by atoms with Gasteiger partial charge in [-0.05, 0) is 36.8 Å². The maximum absolute atomic E-state index is 12.7. The van der Waals surface area contributed by atoms with Crippen molar-refractivity contribution in [1.82, 2.24) is 14.9 Å². The van der Waals surface area contributed by atoms with Crippen molar-refractivity contribution in [1.29, 1.82) is 0 Å². The molecule has 0 bridgehead atoms. The van der Waals surface area contributed by atoms with Crippen LogP contribution in [0.1, 0.15) is 28.2 Å². The van der Waals surface area contributed by atoms with Crippen LogP contribution < -0.4 is 15.6 Å². The summed E-state index contributed by atoms with van der Waals surface area (Å²) in [6.07, 6.45) is 1.13. The Balaban J connectivity index is 1.46. The van der Waals surface area contributed by atoms with Crippen LogP contribution in [0.2, 0.25) is 0 Å². The summed E-state index contributed by atoms with van der Waals surface area (Å²) in [6, 6.07) is 15.0. The van der Waals surface area contributed by atoms with Gasteiger partial charge in [0.25, 0.3) is 5.56 Å². The normalized spacial score (nSPS) is 12.9. The van der Waals surface area contributed by atoms with Crippen molar-refractivity contribution in [3.05, 3.63) is 87.1 Å². The first-order valence-electron chi connectivity index (χ1n) is 9.88. The molecular weight excluding hydrogens is 380 g/mol. The molecule has 1 aromatic heterocycles. The topological polar surface area (TPSA) is 87.3 Å². The number of aryl methyl sites for hydroxylation is 1. The molecule has 154 valence electrons. The molecule has 0 spiro atoms. The molecular formula is C23H24N4O3. The standard InChI is InChI=1S/C23H24N4O3/c1-15-4-3-5-16(12-15)13-21-25-20-10-11-27(14-19(20)22(28)26-21)23(29)24-17-6-8-18(30-2)9-7-17/h3-9,12H,10-11,13-14H2,1-2H3,(H,24,29)(H,25,26,28). The molecule has 0 saturated heterocycles. The van der Waals surface area contributed by atoms with Gasteiger partial charge in [0.1, 0.15) is 11.6 Å². The maximum Gasteiger partial charge on any atom is 0.322 e. The second-order valence-electron chi connectivity index (χ2n) is 7.43. The fourth-order valence-corrected chi connectivity index (χ4v) is 3.63. The average molecular weight is 404 g/mol. The van der Waals surface area contributed by atoms with Crippen LogP contribution in [0, 0.1) is 6.92 Å². The van der Waals surface area contributed by atoms with E-state index in [0.717, 1.165) is 17.0 Å². The quantitative estimate of drug-likeness (QED) is 0.699. The molecule has 0 fully saturated rings. The molecule has 30 heavy (non-hydrogen) atoms. The van der Waals surface area contributed by atoms with Crippen LogP contribution >= 0.6 is 0 Å². The first-order chi connectivity index (χ1) is 14.5. The number of hydrogen-bond donors (Lipinski definition) is 2. The lowest BCUT2D eigenvalue weighted by atomic mass is 10.1. The molecule has 2 aromatic carbocycles. The highest BCUT2D eigenvalue weighted by molar-refractivity contribution is 5.89. The Morgan fingerprint density at radius 1 is 1.23 bits per heavy atom. The van der Waals surface area contributed by atoms with Crippen molar-refractivity contribution in [2.75, 3.05) is 19.0 Å². The Bertz CT molecular complexity index is 1120. The van der Waals surface area contributed by atoms with Gasteiger partial charge in [-0.25, -0.2) is 9.78 Å². The predicted molar refractivity (Wildman–Crippen MR) is 115 cm³/mol. The number of ether oxygens (including phenoxy) is 1. The first kappa shape index (κ1) is 19.7. The van der Waals surface area contributed by atoms with E-state index in [2.05, 4.69) is 21.4 Å². The number of urea groups is 1. The van der Waals surface area contributed by atoms with Crippen LogP contribution in [-0.4, -0.2) is 34.6 Å². The van der Waals surface area contributed by atoms with Gasteiger partial charge in [0, 0.05) is 25.1 Å². The smallest absolute Gasteiger partial charge is 0.322 e. The van der Waals surface area contributed by atoms with Crippen LogP contribution in [0.4, 0.5) is 10.5 Å². The van der Waals surface area contributed by atoms with Crippen LogP contribution in [-0.2, 0) is 19.4 Å². The fourth-order valence-electron chi connectivity index (χ4n) is 3.63. The molecule has 0 aliphatic carbocycles. The number of aromatic amines is 1. The molecule has 3 aromatic rings. The number of carbonyl (C=O) groups excluding carboxylic acids is 1. The lowest BCUT2D eigenvalue weighted by Gasteiger charge is -2.28. The Labute approximate surface area is 174 Å². The number of methoxy groups -OCH3 is 1. The second kappa shape index (κ2) is 8.41. The Kier molecular flexibility index (Phi) is 5.52. The van der Waals surface area contributed by atoms with Gasteiger partial charge >= 0.3 is 6.03 Å². The summed E-state index contributed by atoms with van der Waals surface area (Å²) in [5, 5.41) is 2.86. The highest BCUT2D eigenvalue weighted by Gasteiger charge is 2.24. The number of nitrogens with zero attached hydrogens (tertiary/aromatic N) is 2. The zero-order valence-electron chi connectivity index (χ0n) is 17.1. The summed E-state index contributed by atoms with van der Waals surface area (Å²) in [6.45, 7) is 2.79. The summed E-state index contributed by atoms with van der Waals surface area (Å²) in [5.74, 6) is 1.37. The van der Waals surface area contributed by atoms with Crippen molar-refractivity contribution in [3.8, 4) is 5.75 Å². The summed E-state index contributed by atoms with van der Waals surface area (Å²) in [4.78, 5) is 34.5. The number of H-pyrrole nitrogens is 1. The van der Waals surface area contributed by atoms with E-state index in [-0.39, 0.29) is 18.1 Å². The zero-order valence-corrected chi connectivity index (χ0v) is 17.1. The maximum atomic E-state index is 12.7. The summed E-state index contributed by atoms with van der Waals surface area (Å²) >= 11 is 0. The van der Waals surface area contributed by atoms with E-state index >= 15 is 0 Å². The van der Waals surface area contributed by atoms with E-state index in [9.17, 15) is 9.59 Å². The van der Waals surface area contributed by atoms with Gasteiger partial charge < -0.3 is 19.9 Å². The minimum atomic E-state index is -0.242. The largest absolute Gasteiger partial charge is 0.497 e. The zero-order chi connectivity index (χ0) is 21.1. The van der Waals surface area contributed by atoms with E-state index in [1.165, 1.54) is 5.56 Å². The van der Waals surface area contributed by atoms with Gasteiger partial charge in [-0.2, -0.15) is 0 Å². The molecule has 1 aliphatic heterocycles. The highest BCUT2D eigenvalue weighted by atomic mass is 16.5. The van der Waals surface area contributed by atoms with Crippen LogP contribution in [0.25, 0.3) is 0 Å². The van der Waals surface area contributed by atoms with Crippen LogP contribution in [0.15, 0.2) is 53.3 Å². The minimum absolute atomic E-state index is 0.176. The number of aromatic nitrogens is 2. The molecule has 2 heterocycles. The van der Waals surface area contributed by atoms with E-state index in [1.807, 2.05) is 25.1 Å². The fraction of sp³-hybridized carbons (Fsp3) is 0.261. The Hall–Kier alpha value is -3.61. The number of carbonyl (C=O) groups is 1. The number of amides is 2. The summed E-state index contributed by atoms with van der Waals surface area (Å²) in [5.41, 5.74) is 4.10. The summed E-state index contributed by atoms with van der Waals surface area (Å²) < 4.78 is 5.13. The molecule has 2 amide bonds. The predicted octanol–water partition coefficient (Wildman–Crippen LogP) is 3.27. The molecule has 4 rings (SSSR count). The van der Waals surface area contributed by atoms with Crippen LogP contribution in [0.3, 0.4) is 0 Å². The lowest BCUT2D eigenvalue weighted by molar-refractivity contribution is 0.205. The molecule has 2 N–H and O–H groups in total. The number of anilines is 1. The number of nitrogens with one attached hydrogen (secondary N) is 2. The second-order valence-corrected chi connectivity index (χ2v) is 7.43. The number of fused-ring (bicyclic) bond motifs is 1. The van der Waals surface area contributed by atoms with Crippen molar-refractivity contribution < 1.29 is 9.53 Å². The molecule has 7 nitrogen and oxygen atoms in total. The third-order valence-corrected chi connectivity index (χ3v) is 5.20. The van der Waals surface area contributed by atoms with Crippen molar-refractivity contribution >= 4 is 11.7 Å². The Morgan fingerprint density at radius 2 is 2.03 bits per heavy atom. The molecule has 0 atom stereocenters. The van der Waals surface area contributed by atoms with E-state index in [0.29, 0.717) is 36.5 Å². The molecule has 1 aliphatic rings. The van der Waals surface area contributed by atoms with Crippen LogP contribution in [0.5, 0.6) is 5.75 Å². The third kappa shape index (κ3) is 4.35. The van der Waals surface area contributed by atoms with Crippen molar-refractivity contribution in [2.24, 2.45) is 0 Å². The lowest BCUT2D eigenvalue weighted by Crippen LogP contribution is -2.42. The van der Waals surface area contributed by atoms with Gasteiger partial charge in [0.15, 0.2) is 0 Å². The summed E-state index contributed by atoms with van der Waals surface area (Å²) in [7, 11) is 1.59. The highest BCUT2D eigenvalue weighted by Crippen LogP contribution is 2.18. The van der Waals surface area contributed by atoms with E-state index in [4.69, 9.17) is 4.74 Å². The van der Waals surface area contributed by atoms with Gasteiger partial charge in [0.2, 0.25) is 0 Å². The molecule has 0 radical (unpaired) electrons. The Morgan fingerprint density at radius 3 is 2.77 bits per heavy atom. The van der Waals surface area contributed by atoms with E-state index < -0.39 is 0 Å². The van der Waals surface area contributed by atoms with Crippen molar-refractivity contribution in [3.63, 3.8) is 0 Å². The minimum Gasteiger partial charge on any atom is -0.497 e. The number of benzene rings is 2. The SMILES string of the molecule is COc1ccc(NC(=O)N2CCc3nc(Cc4cccc(C)c4)[nH]c(=O)c3C2)cc1. The van der Waals surface area contributed by atoms with Gasteiger partial charge in [-0.1, -0.05) is 29.8 Å². The van der Waals surface area contributed by atoms with Gasteiger partial charge in [0.05, 0.1) is 24.9 Å². The van der Waals surface area contributed by atoms with Gasteiger partial charge in [-0.3, -0.25) is 4.79 Å². The van der Waals surface area contributed by atoms with E-state index in [1.54, 1.807) is 36.3 Å². The number of rotatable bonds is 4. The first-order valence-corrected chi connectivity index (χ1v) is 9.88. The van der Waals surface area contributed by atoms with Crippen molar-refractivity contribution in [2.45, 2.75) is 26.3 Å². The monoisotopic (exact) mass is 404 g/mol.